The molecule has 174 valence electrons. The first-order valence-electron chi connectivity index (χ1n) is 11.2. The summed E-state index contributed by atoms with van der Waals surface area (Å²) in [5, 5.41) is 3.28. The van der Waals surface area contributed by atoms with Gasteiger partial charge < -0.3 is 14.8 Å². The van der Waals surface area contributed by atoms with E-state index in [-0.39, 0.29) is 23.0 Å². The van der Waals surface area contributed by atoms with E-state index in [0.717, 1.165) is 12.8 Å². The highest BCUT2D eigenvalue weighted by Gasteiger charge is 2.38. The summed E-state index contributed by atoms with van der Waals surface area (Å²) in [6.07, 6.45) is 8.39. The number of methoxy groups -OCH3 is 2. The second-order valence-corrected chi connectivity index (χ2v) is 9.18. The van der Waals surface area contributed by atoms with Crippen molar-refractivity contribution in [2.45, 2.75) is 39.2 Å². The van der Waals surface area contributed by atoms with Crippen LogP contribution in [0.2, 0.25) is 0 Å². The van der Waals surface area contributed by atoms with E-state index in [1.54, 1.807) is 43.5 Å². The Bertz CT molecular complexity index is 1080. The molecule has 1 fully saturated rings. The summed E-state index contributed by atoms with van der Waals surface area (Å²) in [5.74, 6) is 1.07. The monoisotopic (exact) mass is 467 g/mol. The molecule has 2 amide bonds. The molecule has 0 saturated heterocycles. The lowest BCUT2D eigenvalue weighted by atomic mass is 9.78. The van der Waals surface area contributed by atoms with Crippen molar-refractivity contribution in [2.75, 3.05) is 19.1 Å². The van der Waals surface area contributed by atoms with Gasteiger partial charge in [0.25, 0.3) is 5.91 Å². The summed E-state index contributed by atoms with van der Waals surface area (Å²) in [6.45, 7) is 4.43. The number of nitrogens with zero attached hydrogens (tertiary/aromatic N) is 2. The summed E-state index contributed by atoms with van der Waals surface area (Å²) in [5.41, 5.74) is 1.46. The van der Waals surface area contributed by atoms with Crippen LogP contribution in [0.15, 0.2) is 47.0 Å². The third-order valence-electron chi connectivity index (χ3n) is 6.91. The predicted octanol–water partition coefficient (Wildman–Crippen LogP) is 3.83. The first kappa shape index (κ1) is 23.2. The highest BCUT2D eigenvalue weighted by atomic mass is 32.1. The van der Waals surface area contributed by atoms with Gasteiger partial charge in [-0.25, -0.2) is 4.99 Å². The van der Waals surface area contributed by atoms with Crippen LogP contribution in [-0.4, -0.2) is 42.9 Å². The minimum Gasteiger partial charge on any atom is -0.497 e. The van der Waals surface area contributed by atoms with E-state index in [4.69, 9.17) is 21.7 Å². The van der Waals surface area contributed by atoms with E-state index >= 15 is 0 Å². The van der Waals surface area contributed by atoms with Crippen LogP contribution in [0.4, 0.5) is 5.69 Å². The third kappa shape index (κ3) is 4.44. The maximum Gasteiger partial charge on any atom is 0.251 e. The average molecular weight is 468 g/mol. The van der Waals surface area contributed by atoms with E-state index in [1.807, 2.05) is 0 Å². The standard InChI is InChI=1S/C25H29N3O4S/c1-14-6-5-7-19(15(14)2)26-23(29)16-8-10-18-20(12-16)27-25(33)28(24(18)30)21-11-9-17(31-3)13-22(21)32-4/h8-15,18-19H,5-7H2,1-4H3,(H,26,29). The number of carbonyl (C=O) groups excluding carboxylic acids is 2. The van der Waals surface area contributed by atoms with Gasteiger partial charge in [0, 0.05) is 17.7 Å². The number of benzene rings is 1. The lowest BCUT2D eigenvalue weighted by molar-refractivity contribution is -0.119. The van der Waals surface area contributed by atoms with Gasteiger partial charge in [-0.3, -0.25) is 14.5 Å². The van der Waals surface area contributed by atoms with Gasteiger partial charge in [0.2, 0.25) is 11.0 Å². The van der Waals surface area contributed by atoms with Gasteiger partial charge in [-0.05, 0) is 48.7 Å². The number of amides is 2. The third-order valence-corrected chi connectivity index (χ3v) is 7.18. The van der Waals surface area contributed by atoms with Crippen LogP contribution in [-0.2, 0) is 9.59 Å². The van der Waals surface area contributed by atoms with Crippen LogP contribution >= 0.6 is 12.2 Å². The largest absolute Gasteiger partial charge is 0.497 e. The van der Waals surface area contributed by atoms with Gasteiger partial charge in [-0.2, -0.15) is 0 Å². The number of ether oxygens (including phenoxy) is 2. The highest BCUT2D eigenvalue weighted by molar-refractivity contribution is 7.80. The minimum atomic E-state index is -0.617. The fraction of sp³-hybridized carbons (Fsp3) is 0.440. The summed E-state index contributed by atoms with van der Waals surface area (Å²) in [6, 6.07) is 5.30. The maximum absolute atomic E-state index is 13.4. The lowest BCUT2D eigenvalue weighted by Gasteiger charge is -2.35. The number of hydrogen-bond acceptors (Lipinski definition) is 5. The quantitative estimate of drug-likeness (QED) is 0.666. The zero-order valence-electron chi connectivity index (χ0n) is 19.3. The molecule has 7 nitrogen and oxygen atoms in total. The Morgan fingerprint density at radius 3 is 2.73 bits per heavy atom. The molecule has 33 heavy (non-hydrogen) atoms. The normalized spacial score (nSPS) is 26.8. The predicted molar refractivity (Wildman–Crippen MR) is 132 cm³/mol. The van der Waals surface area contributed by atoms with E-state index in [0.29, 0.717) is 40.3 Å². The second-order valence-electron chi connectivity index (χ2n) is 8.81. The number of rotatable bonds is 5. The molecule has 4 atom stereocenters. The van der Waals surface area contributed by atoms with E-state index in [2.05, 4.69) is 24.2 Å². The van der Waals surface area contributed by atoms with Crippen molar-refractivity contribution in [3.8, 4) is 11.5 Å². The topological polar surface area (TPSA) is 80.2 Å². The number of thiocarbonyl (C=S) groups is 1. The number of nitrogens with one attached hydrogen (secondary N) is 1. The molecule has 1 aromatic rings. The molecule has 1 N–H and O–H groups in total. The number of anilines is 1. The molecule has 0 radical (unpaired) electrons. The van der Waals surface area contributed by atoms with Gasteiger partial charge >= 0.3 is 0 Å². The zero-order valence-corrected chi connectivity index (χ0v) is 20.1. The van der Waals surface area contributed by atoms with Crippen LogP contribution in [0.5, 0.6) is 11.5 Å². The van der Waals surface area contributed by atoms with Gasteiger partial charge in [0.05, 0.1) is 31.5 Å². The molecule has 0 aromatic heterocycles. The summed E-state index contributed by atoms with van der Waals surface area (Å²) in [4.78, 5) is 32.2. The highest BCUT2D eigenvalue weighted by Crippen LogP contribution is 2.36. The van der Waals surface area contributed by atoms with Crippen molar-refractivity contribution < 1.29 is 19.1 Å². The summed E-state index contributed by atoms with van der Waals surface area (Å²) >= 11 is 5.46. The summed E-state index contributed by atoms with van der Waals surface area (Å²) in [7, 11) is 3.08. The maximum atomic E-state index is 13.4. The smallest absolute Gasteiger partial charge is 0.251 e. The van der Waals surface area contributed by atoms with E-state index < -0.39 is 5.92 Å². The number of allylic oxidation sites excluding steroid dienone is 1. The first-order valence-corrected chi connectivity index (χ1v) is 11.6. The van der Waals surface area contributed by atoms with Crippen molar-refractivity contribution in [3.05, 3.63) is 42.0 Å². The van der Waals surface area contributed by atoms with Crippen molar-refractivity contribution in [1.29, 1.82) is 0 Å². The fourth-order valence-electron chi connectivity index (χ4n) is 4.67. The van der Waals surface area contributed by atoms with Crippen molar-refractivity contribution >= 4 is 40.5 Å². The Balaban J connectivity index is 1.56. The molecule has 1 saturated carbocycles. The van der Waals surface area contributed by atoms with Gasteiger partial charge in [-0.1, -0.05) is 38.8 Å². The molecule has 1 aromatic carbocycles. The number of fused-ring (bicyclic) bond motifs is 1. The van der Waals surface area contributed by atoms with Gasteiger partial charge in [-0.15, -0.1) is 0 Å². The van der Waals surface area contributed by atoms with Crippen LogP contribution in [0.25, 0.3) is 0 Å². The lowest BCUT2D eigenvalue weighted by Crippen LogP contribution is -2.47. The fourth-order valence-corrected chi connectivity index (χ4v) is 4.96. The van der Waals surface area contributed by atoms with Crippen molar-refractivity contribution in [1.82, 2.24) is 5.32 Å². The Labute approximate surface area is 199 Å². The molecule has 8 heteroatoms. The molecule has 4 rings (SSSR count). The molecule has 1 aliphatic heterocycles. The van der Waals surface area contributed by atoms with Crippen molar-refractivity contribution in [2.24, 2.45) is 22.7 Å². The Kier molecular flexibility index (Phi) is 6.65. The zero-order chi connectivity index (χ0) is 23.7. The molecular weight excluding hydrogens is 438 g/mol. The van der Waals surface area contributed by atoms with Crippen LogP contribution in [0, 0.1) is 17.8 Å². The Hall–Kier alpha value is -3.00. The molecule has 3 aliphatic rings. The molecule has 1 heterocycles. The minimum absolute atomic E-state index is 0.107. The Morgan fingerprint density at radius 2 is 2.00 bits per heavy atom. The summed E-state index contributed by atoms with van der Waals surface area (Å²) < 4.78 is 10.7. The molecule has 4 unspecified atom stereocenters. The van der Waals surface area contributed by atoms with Gasteiger partial charge in [0.1, 0.15) is 11.5 Å². The van der Waals surface area contributed by atoms with Crippen LogP contribution < -0.4 is 19.7 Å². The SMILES string of the molecule is COc1ccc(N2C(=O)C3C=CC(C(=O)NC4CCCC(C)C4C)=CC3=NC2=S)c(OC)c1. The second kappa shape index (κ2) is 9.47. The molecule has 0 spiro atoms. The van der Waals surface area contributed by atoms with E-state index in [9.17, 15) is 9.59 Å². The average Bonchev–Trinajstić information content (AvgIpc) is 2.81. The first-order chi connectivity index (χ1) is 15.8. The van der Waals surface area contributed by atoms with Gasteiger partial charge in [0.15, 0.2) is 0 Å². The van der Waals surface area contributed by atoms with Crippen LogP contribution in [0.3, 0.4) is 0 Å². The van der Waals surface area contributed by atoms with Crippen molar-refractivity contribution in [3.63, 3.8) is 0 Å². The van der Waals surface area contributed by atoms with E-state index in [1.165, 1.54) is 18.4 Å². The molecule has 2 aliphatic carbocycles. The number of aliphatic imine (C=N–C) groups is 1. The Morgan fingerprint density at radius 1 is 1.21 bits per heavy atom. The molecule has 0 bridgehead atoms. The number of carbonyl (C=O) groups is 2. The number of hydrogen-bond donors (Lipinski definition) is 1. The van der Waals surface area contributed by atoms with Crippen LogP contribution in [0.1, 0.15) is 33.1 Å². The molecular formula is C25H29N3O4S.